The van der Waals surface area contributed by atoms with Gasteiger partial charge >= 0.3 is 0 Å². The second-order valence-electron chi connectivity index (χ2n) is 5.64. The molecular formula is C14H17N7S. The molecule has 0 unspecified atom stereocenters. The standard InChI is InChI=1S/C14H17N7S/c1-8-6-22-13-10(8)12(16-7-17-13)21-4-2-9(3-5-21)11-18-14(15)20-19-11/h6-7,9H,2-5H2,1H3,(H3,15,18,19,20). The minimum absolute atomic E-state index is 0.323. The third kappa shape index (κ3) is 2.19. The van der Waals surface area contributed by atoms with E-state index in [4.69, 9.17) is 5.73 Å². The second-order valence-corrected chi connectivity index (χ2v) is 6.49. The van der Waals surface area contributed by atoms with Crippen LogP contribution in [-0.2, 0) is 0 Å². The van der Waals surface area contributed by atoms with Gasteiger partial charge < -0.3 is 10.6 Å². The molecule has 114 valence electrons. The molecule has 0 amide bonds. The Labute approximate surface area is 131 Å². The van der Waals surface area contributed by atoms with Gasteiger partial charge in [0.15, 0.2) is 0 Å². The van der Waals surface area contributed by atoms with Crippen molar-refractivity contribution in [1.29, 1.82) is 0 Å². The van der Waals surface area contributed by atoms with E-state index in [2.05, 4.69) is 42.4 Å². The van der Waals surface area contributed by atoms with Gasteiger partial charge in [0.05, 0.1) is 5.39 Å². The summed E-state index contributed by atoms with van der Waals surface area (Å²) in [5, 5.41) is 10.2. The van der Waals surface area contributed by atoms with Gasteiger partial charge in [-0.1, -0.05) is 0 Å². The first-order valence-electron chi connectivity index (χ1n) is 7.34. The number of aromatic nitrogens is 5. The van der Waals surface area contributed by atoms with Crippen LogP contribution in [0.5, 0.6) is 0 Å². The number of anilines is 2. The maximum atomic E-state index is 5.59. The summed E-state index contributed by atoms with van der Waals surface area (Å²) in [7, 11) is 0. The molecular weight excluding hydrogens is 298 g/mol. The fourth-order valence-electron chi connectivity index (χ4n) is 3.07. The molecule has 1 saturated heterocycles. The van der Waals surface area contributed by atoms with Gasteiger partial charge in [-0.25, -0.2) is 9.97 Å². The lowest BCUT2D eigenvalue weighted by Gasteiger charge is -2.32. The van der Waals surface area contributed by atoms with Crippen molar-refractivity contribution in [3.63, 3.8) is 0 Å². The van der Waals surface area contributed by atoms with Crippen molar-refractivity contribution in [1.82, 2.24) is 25.1 Å². The number of nitrogen functional groups attached to an aromatic ring is 1. The number of aromatic amines is 1. The highest BCUT2D eigenvalue weighted by Crippen LogP contribution is 2.34. The molecule has 3 aromatic rings. The van der Waals surface area contributed by atoms with Crippen LogP contribution in [0.25, 0.3) is 10.2 Å². The summed E-state index contributed by atoms with van der Waals surface area (Å²) in [5.41, 5.74) is 6.84. The molecule has 0 bridgehead atoms. The lowest BCUT2D eigenvalue weighted by atomic mass is 9.96. The molecule has 3 aromatic heterocycles. The Balaban J connectivity index is 1.57. The molecule has 8 heteroatoms. The number of hydrogen-bond donors (Lipinski definition) is 2. The minimum Gasteiger partial charge on any atom is -0.367 e. The summed E-state index contributed by atoms with van der Waals surface area (Å²) >= 11 is 1.68. The molecule has 0 radical (unpaired) electrons. The molecule has 1 aliphatic rings. The highest BCUT2D eigenvalue weighted by molar-refractivity contribution is 7.17. The zero-order valence-electron chi connectivity index (χ0n) is 12.3. The number of hydrogen-bond acceptors (Lipinski definition) is 7. The van der Waals surface area contributed by atoms with Crippen LogP contribution in [0.3, 0.4) is 0 Å². The number of rotatable bonds is 2. The van der Waals surface area contributed by atoms with Crippen LogP contribution in [-0.4, -0.2) is 38.2 Å². The molecule has 4 heterocycles. The van der Waals surface area contributed by atoms with Gasteiger partial charge in [0, 0.05) is 19.0 Å². The van der Waals surface area contributed by atoms with Gasteiger partial charge in [0.2, 0.25) is 5.95 Å². The summed E-state index contributed by atoms with van der Waals surface area (Å²) in [4.78, 5) is 16.6. The van der Waals surface area contributed by atoms with Crippen molar-refractivity contribution >= 4 is 33.3 Å². The molecule has 3 N–H and O–H groups in total. The summed E-state index contributed by atoms with van der Waals surface area (Å²) in [6.07, 6.45) is 3.70. The number of nitrogens with two attached hydrogens (primary N) is 1. The molecule has 0 aromatic carbocycles. The summed E-state index contributed by atoms with van der Waals surface area (Å²) in [6.45, 7) is 4.02. The van der Waals surface area contributed by atoms with Crippen LogP contribution in [0.15, 0.2) is 11.7 Å². The number of fused-ring (bicyclic) bond motifs is 1. The zero-order valence-corrected chi connectivity index (χ0v) is 13.1. The zero-order chi connectivity index (χ0) is 15.1. The average Bonchev–Trinajstić information content (AvgIpc) is 3.14. The summed E-state index contributed by atoms with van der Waals surface area (Å²) in [5.74, 6) is 2.67. The van der Waals surface area contributed by atoms with E-state index in [-0.39, 0.29) is 0 Å². The highest BCUT2D eigenvalue weighted by atomic mass is 32.1. The number of H-pyrrole nitrogens is 1. The number of piperidine rings is 1. The summed E-state index contributed by atoms with van der Waals surface area (Å²) in [6, 6.07) is 0. The minimum atomic E-state index is 0.323. The first-order valence-corrected chi connectivity index (χ1v) is 8.22. The molecule has 0 spiro atoms. The summed E-state index contributed by atoms with van der Waals surface area (Å²) < 4.78 is 0. The molecule has 1 fully saturated rings. The molecule has 22 heavy (non-hydrogen) atoms. The Morgan fingerprint density at radius 1 is 1.32 bits per heavy atom. The van der Waals surface area contributed by atoms with E-state index in [1.165, 1.54) is 10.9 Å². The normalized spacial score (nSPS) is 16.5. The van der Waals surface area contributed by atoms with E-state index < -0.39 is 0 Å². The lowest BCUT2D eigenvalue weighted by molar-refractivity contribution is 0.485. The lowest BCUT2D eigenvalue weighted by Crippen LogP contribution is -2.34. The van der Waals surface area contributed by atoms with Gasteiger partial charge in [0.25, 0.3) is 0 Å². The third-order valence-electron chi connectivity index (χ3n) is 4.24. The first-order chi connectivity index (χ1) is 10.7. The molecule has 4 rings (SSSR count). The quantitative estimate of drug-likeness (QED) is 0.751. The van der Waals surface area contributed by atoms with E-state index in [1.807, 2.05) is 0 Å². The molecule has 0 saturated carbocycles. The monoisotopic (exact) mass is 315 g/mol. The Bertz CT molecular complexity index is 800. The van der Waals surface area contributed by atoms with Crippen LogP contribution >= 0.6 is 11.3 Å². The van der Waals surface area contributed by atoms with Crippen molar-refractivity contribution in [2.75, 3.05) is 23.7 Å². The topological polar surface area (TPSA) is 96.6 Å². The fourth-order valence-corrected chi connectivity index (χ4v) is 3.96. The van der Waals surface area contributed by atoms with E-state index in [0.717, 1.165) is 42.4 Å². The number of thiophene rings is 1. The van der Waals surface area contributed by atoms with Gasteiger partial charge in [-0.15, -0.1) is 16.4 Å². The van der Waals surface area contributed by atoms with E-state index in [1.54, 1.807) is 17.7 Å². The Morgan fingerprint density at radius 3 is 2.86 bits per heavy atom. The van der Waals surface area contributed by atoms with Crippen molar-refractivity contribution in [2.45, 2.75) is 25.7 Å². The average molecular weight is 315 g/mol. The van der Waals surface area contributed by atoms with E-state index in [9.17, 15) is 0 Å². The smallest absolute Gasteiger partial charge is 0.239 e. The molecule has 7 nitrogen and oxygen atoms in total. The Hall–Kier alpha value is -2.22. The van der Waals surface area contributed by atoms with Crippen LogP contribution in [0.2, 0.25) is 0 Å². The maximum Gasteiger partial charge on any atom is 0.239 e. The van der Waals surface area contributed by atoms with Crippen molar-refractivity contribution in [3.8, 4) is 0 Å². The molecule has 0 aliphatic carbocycles. The number of nitrogens with one attached hydrogen (secondary N) is 1. The Morgan fingerprint density at radius 2 is 2.14 bits per heavy atom. The van der Waals surface area contributed by atoms with Crippen LogP contribution in [0.1, 0.15) is 30.1 Å². The molecule has 0 atom stereocenters. The SMILES string of the molecule is Cc1csc2ncnc(N3CCC(c4nc(N)n[nH]4)CC3)c12. The van der Waals surface area contributed by atoms with Crippen LogP contribution in [0, 0.1) is 6.92 Å². The largest absolute Gasteiger partial charge is 0.367 e. The first kappa shape index (κ1) is 13.4. The maximum absolute atomic E-state index is 5.59. The third-order valence-corrected chi connectivity index (χ3v) is 5.24. The van der Waals surface area contributed by atoms with Crippen LogP contribution in [0.4, 0.5) is 11.8 Å². The fraction of sp³-hybridized carbons (Fsp3) is 0.429. The van der Waals surface area contributed by atoms with Crippen LogP contribution < -0.4 is 10.6 Å². The molecule has 1 aliphatic heterocycles. The van der Waals surface area contributed by atoms with E-state index in [0.29, 0.717) is 11.9 Å². The second kappa shape index (κ2) is 5.20. The van der Waals surface area contributed by atoms with Gasteiger partial charge in [-0.2, -0.15) is 4.98 Å². The Kier molecular flexibility index (Phi) is 3.18. The predicted molar refractivity (Wildman–Crippen MR) is 87.1 cm³/mol. The van der Waals surface area contributed by atoms with Gasteiger partial charge in [-0.05, 0) is 30.7 Å². The number of nitrogens with zero attached hydrogens (tertiary/aromatic N) is 5. The van der Waals surface area contributed by atoms with Gasteiger partial charge in [-0.3, -0.25) is 5.10 Å². The van der Waals surface area contributed by atoms with Crippen molar-refractivity contribution in [3.05, 3.63) is 23.1 Å². The highest BCUT2D eigenvalue weighted by Gasteiger charge is 2.25. The van der Waals surface area contributed by atoms with Crippen molar-refractivity contribution in [2.24, 2.45) is 0 Å². The predicted octanol–water partition coefficient (Wildman–Crippen LogP) is 2.08. The van der Waals surface area contributed by atoms with Gasteiger partial charge in [0.1, 0.15) is 22.8 Å². The van der Waals surface area contributed by atoms with E-state index >= 15 is 0 Å². The van der Waals surface area contributed by atoms with Crippen molar-refractivity contribution < 1.29 is 0 Å². The number of aryl methyl sites for hydroxylation is 1.